The number of rotatable bonds is 6. The average Bonchev–Trinajstić information content (AvgIpc) is 3.14. The van der Waals surface area contributed by atoms with Gasteiger partial charge in [0.2, 0.25) is 5.88 Å². The lowest BCUT2D eigenvalue weighted by Gasteiger charge is -2.45. The topological polar surface area (TPSA) is 64.1 Å². The van der Waals surface area contributed by atoms with Crippen molar-refractivity contribution in [2.45, 2.75) is 89.4 Å². The van der Waals surface area contributed by atoms with Crippen LogP contribution < -0.4 is 9.64 Å². The molecule has 1 aromatic heterocycles. The van der Waals surface area contributed by atoms with Gasteiger partial charge < -0.3 is 24.0 Å². The molecule has 2 atom stereocenters. The first-order valence-corrected chi connectivity index (χ1v) is 12.9. The zero-order valence-electron chi connectivity index (χ0n) is 21.1. The molecule has 3 aliphatic heterocycles. The first-order valence-electron chi connectivity index (χ1n) is 12.9. The Balaban J connectivity index is 1.16. The van der Waals surface area contributed by atoms with Crippen LogP contribution >= 0.6 is 0 Å². The molecule has 7 heteroatoms. The van der Waals surface area contributed by atoms with Crippen LogP contribution in [0.5, 0.6) is 5.88 Å². The van der Waals surface area contributed by atoms with E-state index in [1.54, 1.807) is 0 Å². The van der Waals surface area contributed by atoms with Gasteiger partial charge in [-0.2, -0.15) is 0 Å². The molecule has 4 heterocycles. The molecule has 35 heavy (non-hydrogen) atoms. The SMILES string of the molecule is CC(C)(C)OC(=O)N1CC2CCCC1CN2c1ccnc(O[C@H]2C[C@@H](OCc3ccccc3)C2)c1. The number of ether oxygens (including phenoxy) is 3. The second-order valence-electron chi connectivity index (χ2n) is 11.0. The van der Waals surface area contributed by atoms with Gasteiger partial charge in [-0.05, 0) is 51.7 Å². The van der Waals surface area contributed by atoms with Crippen molar-refractivity contribution in [2.75, 3.05) is 18.0 Å². The summed E-state index contributed by atoms with van der Waals surface area (Å²) in [6, 6.07) is 14.8. The van der Waals surface area contributed by atoms with E-state index in [1.807, 2.05) is 50.1 Å². The molecule has 1 amide bonds. The van der Waals surface area contributed by atoms with E-state index >= 15 is 0 Å². The van der Waals surface area contributed by atoms with Crippen molar-refractivity contribution in [2.24, 2.45) is 0 Å². The van der Waals surface area contributed by atoms with E-state index in [0.29, 0.717) is 19.0 Å². The summed E-state index contributed by atoms with van der Waals surface area (Å²) in [6.45, 7) is 7.92. The Labute approximate surface area is 208 Å². The Morgan fingerprint density at radius 2 is 1.80 bits per heavy atom. The molecular formula is C28H37N3O4. The lowest BCUT2D eigenvalue weighted by Crippen LogP contribution is -2.59. The van der Waals surface area contributed by atoms with Crippen LogP contribution in [-0.2, 0) is 16.1 Å². The Morgan fingerprint density at radius 3 is 2.57 bits per heavy atom. The molecule has 4 fully saturated rings. The van der Waals surface area contributed by atoms with Crippen molar-refractivity contribution in [1.29, 1.82) is 0 Å². The predicted octanol–water partition coefficient (Wildman–Crippen LogP) is 5.19. The van der Waals surface area contributed by atoms with Gasteiger partial charge >= 0.3 is 6.09 Å². The Morgan fingerprint density at radius 1 is 1.03 bits per heavy atom. The standard InChI is InChI=1S/C28H37N3O4/c1-28(2,3)35-27(32)31-18-22-10-7-11-23(31)17-30(22)21-12-13-29-26(14-21)34-25-15-24(16-25)33-19-20-8-5-4-6-9-20/h4-6,8-9,12-14,22-25H,7,10-11,15-19H2,1-3H3/t22?,23?,24-,25+. The summed E-state index contributed by atoms with van der Waals surface area (Å²) in [4.78, 5) is 21.7. The highest BCUT2D eigenvalue weighted by Crippen LogP contribution is 2.34. The molecular weight excluding hydrogens is 442 g/mol. The minimum atomic E-state index is -0.479. The van der Waals surface area contributed by atoms with Crippen molar-refractivity contribution in [3.8, 4) is 5.88 Å². The molecule has 2 aromatic rings. The zero-order chi connectivity index (χ0) is 24.4. The van der Waals surface area contributed by atoms with Gasteiger partial charge in [0.25, 0.3) is 0 Å². The van der Waals surface area contributed by atoms with Crippen LogP contribution in [0.4, 0.5) is 10.5 Å². The number of anilines is 1. The average molecular weight is 480 g/mol. The van der Waals surface area contributed by atoms with Gasteiger partial charge in [0.05, 0.1) is 18.8 Å². The highest BCUT2D eigenvalue weighted by molar-refractivity contribution is 5.69. The molecule has 0 radical (unpaired) electrons. The highest BCUT2D eigenvalue weighted by atomic mass is 16.6. The van der Waals surface area contributed by atoms with Crippen LogP contribution in [0.1, 0.15) is 58.4 Å². The van der Waals surface area contributed by atoms with Gasteiger partial charge in [-0.15, -0.1) is 0 Å². The third-order valence-corrected chi connectivity index (χ3v) is 7.12. The number of hydrogen-bond acceptors (Lipinski definition) is 6. The van der Waals surface area contributed by atoms with E-state index in [1.165, 1.54) is 5.56 Å². The van der Waals surface area contributed by atoms with E-state index in [0.717, 1.165) is 44.3 Å². The van der Waals surface area contributed by atoms with Crippen LogP contribution in [0, 0.1) is 0 Å². The molecule has 1 saturated carbocycles. The molecule has 188 valence electrons. The first-order chi connectivity index (χ1) is 16.8. The number of pyridine rings is 1. The van der Waals surface area contributed by atoms with E-state index in [9.17, 15) is 4.79 Å². The van der Waals surface area contributed by atoms with Gasteiger partial charge in [0, 0.05) is 49.9 Å². The fourth-order valence-corrected chi connectivity index (χ4v) is 5.24. The predicted molar refractivity (Wildman–Crippen MR) is 135 cm³/mol. The number of amides is 1. The minimum Gasteiger partial charge on any atom is -0.474 e. The summed E-state index contributed by atoms with van der Waals surface area (Å²) < 4.78 is 17.9. The molecule has 7 nitrogen and oxygen atoms in total. The number of benzene rings is 1. The molecule has 1 aliphatic carbocycles. The fraction of sp³-hybridized carbons (Fsp3) is 0.571. The molecule has 0 spiro atoms. The van der Waals surface area contributed by atoms with Crippen LogP contribution in [0.15, 0.2) is 48.7 Å². The maximum absolute atomic E-state index is 12.8. The second-order valence-corrected chi connectivity index (χ2v) is 11.0. The summed E-state index contributed by atoms with van der Waals surface area (Å²) >= 11 is 0. The number of hydrogen-bond donors (Lipinski definition) is 0. The lowest BCUT2D eigenvalue weighted by atomic mass is 9.92. The van der Waals surface area contributed by atoms with Crippen LogP contribution in [0.2, 0.25) is 0 Å². The first kappa shape index (κ1) is 23.9. The minimum absolute atomic E-state index is 0.141. The van der Waals surface area contributed by atoms with E-state index in [2.05, 4.69) is 34.1 Å². The Hall–Kier alpha value is -2.80. The van der Waals surface area contributed by atoms with Crippen molar-refractivity contribution < 1.29 is 19.0 Å². The maximum atomic E-state index is 12.8. The molecule has 2 unspecified atom stereocenters. The van der Waals surface area contributed by atoms with Crippen LogP contribution in [-0.4, -0.2) is 59.0 Å². The van der Waals surface area contributed by atoms with Crippen molar-refractivity contribution in [3.05, 3.63) is 54.2 Å². The van der Waals surface area contributed by atoms with Gasteiger partial charge in [-0.1, -0.05) is 30.3 Å². The van der Waals surface area contributed by atoms with E-state index in [-0.39, 0.29) is 30.4 Å². The molecule has 3 saturated heterocycles. The van der Waals surface area contributed by atoms with Crippen molar-refractivity contribution in [3.63, 3.8) is 0 Å². The molecule has 1 aromatic carbocycles. The van der Waals surface area contributed by atoms with Gasteiger partial charge in [-0.25, -0.2) is 9.78 Å². The molecule has 2 bridgehead atoms. The maximum Gasteiger partial charge on any atom is 0.410 e. The molecule has 0 N–H and O–H groups in total. The number of nitrogens with zero attached hydrogens (tertiary/aromatic N) is 3. The number of carbonyl (C=O) groups excluding carboxylic acids is 1. The normalized spacial score (nSPS) is 26.1. The van der Waals surface area contributed by atoms with Crippen molar-refractivity contribution in [1.82, 2.24) is 9.88 Å². The van der Waals surface area contributed by atoms with Crippen LogP contribution in [0.25, 0.3) is 0 Å². The monoisotopic (exact) mass is 479 g/mol. The summed E-state index contributed by atoms with van der Waals surface area (Å²) in [5, 5.41) is 0. The highest BCUT2D eigenvalue weighted by Gasteiger charge is 2.40. The molecule has 4 aliphatic rings. The van der Waals surface area contributed by atoms with E-state index in [4.69, 9.17) is 14.2 Å². The summed E-state index contributed by atoms with van der Waals surface area (Å²) in [5.41, 5.74) is 1.84. The lowest BCUT2D eigenvalue weighted by molar-refractivity contribution is -0.0694. The van der Waals surface area contributed by atoms with Crippen LogP contribution in [0.3, 0.4) is 0 Å². The summed E-state index contributed by atoms with van der Waals surface area (Å²) in [6.07, 6.45) is 6.98. The number of fused-ring (bicyclic) bond motifs is 4. The third-order valence-electron chi connectivity index (χ3n) is 7.12. The Bertz CT molecular complexity index is 1000. The van der Waals surface area contributed by atoms with Gasteiger partial charge in [0.15, 0.2) is 0 Å². The van der Waals surface area contributed by atoms with Crippen molar-refractivity contribution >= 4 is 11.8 Å². The van der Waals surface area contributed by atoms with Gasteiger partial charge in [0.1, 0.15) is 11.7 Å². The quantitative estimate of drug-likeness (QED) is 0.568. The van der Waals surface area contributed by atoms with Gasteiger partial charge in [-0.3, -0.25) is 0 Å². The number of carbonyl (C=O) groups is 1. The largest absolute Gasteiger partial charge is 0.474 e. The third kappa shape index (κ3) is 5.89. The summed E-state index contributed by atoms with van der Waals surface area (Å²) in [5.74, 6) is 0.665. The zero-order valence-corrected chi connectivity index (χ0v) is 21.1. The van der Waals surface area contributed by atoms with E-state index < -0.39 is 5.60 Å². The number of piperazine rings is 1. The summed E-state index contributed by atoms with van der Waals surface area (Å²) in [7, 11) is 0. The number of aromatic nitrogens is 1. The second kappa shape index (κ2) is 10.1. The smallest absolute Gasteiger partial charge is 0.410 e. The molecule has 6 rings (SSSR count). The fourth-order valence-electron chi connectivity index (χ4n) is 5.24. The Kier molecular flexibility index (Phi) is 6.87.